The number of methoxy groups -OCH3 is 3. The lowest BCUT2D eigenvalue weighted by Gasteiger charge is -2.24. The standard InChI is InChI=1S/C22H23FN2O5/c1-6-25(13-10-11-16(28-3)17(12-13)29-4)22(27)19-20(30-5)18-14(23)8-7-9-15(18)24(2)21(19)26/h7-12H,6H2,1-5H3. The van der Waals surface area contributed by atoms with Gasteiger partial charge in [-0.3, -0.25) is 9.59 Å². The third-order valence-corrected chi connectivity index (χ3v) is 4.98. The van der Waals surface area contributed by atoms with Crippen LogP contribution in [0.2, 0.25) is 0 Å². The van der Waals surface area contributed by atoms with E-state index in [4.69, 9.17) is 14.2 Å². The lowest BCUT2D eigenvalue weighted by Crippen LogP contribution is -2.37. The summed E-state index contributed by atoms with van der Waals surface area (Å²) in [7, 11) is 5.81. The van der Waals surface area contributed by atoms with Gasteiger partial charge in [0.15, 0.2) is 11.5 Å². The van der Waals surface area contributed by atoms with Crippen LogP contribution in [0, 0.1) is 5.82 Å². The van der Waals surface area contributed by atoms with Crippen molar-refractivity contribution in [1.29, 1.82) is 0 Å². The Hall–Kier alpha value is -3.55. The van der Waals surface area contributed by atoms with Crippen LogP contribution in [0.15, 0.2) is 41.2 Å². The Morgan fingerprint density at radius 2 is 1.77 bits per heavy atom. The molecule has 0 atom stereocenters. The number of aryl methyl sites for hydroxylation is 1. The van der Waals surface area contributed by atoms with Crippen LogP contribution >= 0.6 is 0 Å². The van der Waals surface area contributed by atoms with Crippen molar-refractivity contribution >= 4 is 22.5 Å². The Bertz CT molecular complexity index is 1170. The van der Waals surface area contributed by atoms with Crippen molar-refractivity contribution in [3.8, 4) is 17.2 Å². The monoisotopic (exact) mass is 414 g/mol. The highest BCUT2D eigenvalue weighted by Crippen LogP contribution is 2.34. The number of amides is 1. The fraction of sp³-hybridized carbons (Fsp3) is 0.273. The van der Waals surface area contributed by atoms with Gasteiger partial charge in [-0.2, -0.15) is 0 Å². The Morgan fingerprint density at radius 3 is 2.37 bits per heavy atom. The van der Waals surface area contributed by atoms with Crippen molar-refractivity contribution in [2.45, 2.75) is 6.92 Å². The van der Waals surface area contributed by atoms with Gasteiger partial charge in [0.1, 0.15) is 17.1 Å². The van der Waals surface area contributed by atoms with E-state index in [2.05, 4.69) is 0 Å². The van der Waals surface area contributed by atoms with Gasteiger partial charge >= 0.3 is 0 Å². The number of hydrogen-bond acceptors (Lipinski definition) is 5. The summed E-state index contributed by atoms with van der Waals surface area (Å²) in [6.45, 7) is 2.03. The van der Waals surface area contributed by atoms with E-state index < -0.39 is 17.3 Å². The molecule has 1 heterocycles. The summed E-state index contributed by atoms with van der Waals surface area (Å²) in [6, 6.07) is 9.34. The smallest absolute Gasteiger partial charge is 0.267 e. The number of pyridine rings is 1. The number of carbonyl (C=O) groups is 1. The minimum absolute atomic E-state index is 0.0776. The zero-order valence-corrected chi connectivity index (χ0v) is 17.5. The Balaban J connectivity index is 2.24. The van der Waals surface area contributed by atoms with Crippen LogP contribution < -0.4 is 24.7 Å². The minimum atomic E-state index is -0.604. The van der Waals surface area contributed by atoms with Crippen LogP contribution in [0.25, 0.3) is 10.9 Å². The molecule has 7 nitrogen and oxygen atoms in total. The number of hydrogen-bond donors (Lipinski definition) is 0. The highest BCUT2D eigenvalue weighted by Gasteiger charge is 2.28. The lowest BCUT2D eigenvalue weighted by molar-refractivity contribution is 0.0983. The number of halogens is 1. The molecule has 0 unspecified atom stereocenters. The number of nitrogens with zero attached hydrogens (tertiary/aromatic N) is 2. The highest BCUT2D eigenvalue weighted by atomic mass is 19.1. The lowest BCUT2D eigenvalue weighted by atomic mass is 10.1. The van der Waals surface area contributed by atoms with Crippen molar-refractivity contribution in [2.75, 3.05) is 32.8 Å². The molecular weight excluding hydrogens is 391 g/mol. The quantitative estimate of drug-likeness (QED) is 0.619. The predicted molar refractivity (Wildman–Crippen MR) is 113 cm³/mol. The third-order valence-electron chi connectivity index (χ3n) is 4.98. The highest BCUT2D eigenvalue weighted by molar-refractivity contribution is 6.10. The first-order valence-electron chi connectivity index (χ1n) is 9.28. The van der Waals surface area contributed by atoms with Crippen molar-refractivity contribution in [1.82, 2.24) is 4.57 Å². The van der Waals surface area contributed by atoms with Crippen molar-refractivity contribution < 1.29 is 23.4 Å². The van der Waals surface area contributed by atoms with E-state index in [1.165, 1.54) is 50.0 Å². The van der Waals surface area contributed by atoms with Gasteiger partial charge in [0, 0.05) is 25.3 Å². The zero-order chi connectivity index (χ0) is 22.0. The molecule has 0 saturated carbocycles. The van der Waals surface area contributed by atoms with Crippen molar-refractivity contribution in [2.24, 2.45) is 7.05 Å². The number of carbonyl (C=O) groups excluding carboxylic acids is 1. The average Bonchev–Trinajstić information content (AvgIpc) is 2.76. The molecule has 0 aliphatic carbocycles. The van der Waals surface area contributed by atoms with E-state index >= 15 is 0 Å². The van der Waals surface area contributed by atoms with Crippen molar-refractivity contribution in [3.05, 3.63) is 58.1 Å². The predicted octanol–water partition coefficient (Wildman–Crippen LogP) is 3.37. The largest absolute Gasteiger partial charge is 0.495 e. The number of aromatic nitrogens is 1. The van der Waals surface area contributed by atoms with E-state index in [1.54, 1.807) is 31.2 Å². The Labute approximate surface area is 173 Å². The molecule has 0 aliphatic heterocycles. The Kier molecular flexibility index (Phi) is 5.96. The van der Waals surface area contributed by atoms with E-state index in [0.29, 0.717) is 22.7 Å². The maximum absolute atomic E-state index is 14.6. The molecule has 2 aromatic carbocycles. The molecule has 3 aromatic rings. The molecule has 1 aromatic heterocycles. The van der Waals surface area contributed by atoms with Crippen LogP contribution in [0.1, 0.15) is 17.3 Å². The number of fused-ring (bicyclic) bond motifs is 1. The van der Waals surface area contributed by atoms with Crippen molar-refractivity contribution in [3.63, 3.8) is 0 Å². The van der Waals surface area contributed by atoms with E-state index in [0.717, 1.165) is 0 Å². The van der Waals surface area contributed by atoms with E-state index in [1.807, 2.05) is 0 Å². The van der Waals surface area contributed by atoms with Gasteiger partial charge in [-0.05, 0) is 31.2 Å². The molecule has 8 heteroatoms. The number of rotatable bonds is 6. The van der Waals surface area contributed by atoms with Crippen LogP contribution in [0.3, 0.4) is 0 Å². The molecule has 0 aliphatic rings. The molecule has 0 saturated heterocycles. The fourth-order valence-electron chi connectivity index (χ4n) is 3.48. The second-order valence-electron chi connectivity index (χ2n) is 6.50. The van der Waals surface area contributed by atoms with Crippen LogP contribution in [0.4, 0.5) is 10.1 Å². The maximum atomic E-state index is 14.6. The van der Waals surface area contributed by atoms with Crippen LogP contribution in [-0.4, -0.2) is 38.3 Å². The van der Waals surface area contributed by atoms with E-state index in [9.17, 15) is 14.0 Å². The maximum Gasteiger partial charge on any atom is 0.267 e. The fourth-order valence-corrected chi connectivity index (χ4v) is 3.48. The first kappa shape index (κ1) is 21.2. The van der Waals surface area contributed by atoms with Gasteiger partial charge < -0.3 is 23.7 Å². The number of ether oxygens (including phenoxy) is 3. The summed E-state index contributed by atoms with van der Waals surface area (Å²) < 4.78 is 31.8. The molecule has 0 bridgehead atoms. The van der Waals surface area contributed by atoms with Gasteiger partial charge in [-0.1, -0.05) is 6.07 Å². The molecule has 158 valence electrons. The van der Waals surface area contributed by atoms with Gasteiger partial charge in [0.25, 0.3) is 11.5 Å². The number of anilines is 1. The third kappa shape index (κ3) is 3.34. The molecule has 0 radical (unpaired) electrons. The molecule has 0 spiro atoms. The second kappa shape index (κ2) is 8.44. The normalized spacial score (nSPS) is 10.7. The minimum Gasteiger partial charge on any atom is -0.495 e. The van der Waals surface area contributed by atoms with Gasteiger partial charge in [0.05, 0.1) is 32.2 Å². The zero-order valence-electron chi connectivity index (χ0n) is 17.5. The van der Waals surface area contributed by atoms with Crippen LogP contribution in [-0.2, 0) is 7.05 Å². The summed E-state index contributed by atoms with van der Waals surface area (Å²) in [5, 5.41) is 0.0776. The Morgan fingerprint density at radius 1 is 1.07 bits per heavy atom. The summed E-state index contributed by atoms with van der Waals surface area (Å²) >= 11 is 0. The summed E-state index contributed by atoms with van der Waals surface area (Å²) in [6.07, 6.45) is 0. The summed E-state index contributed by atoms with van der Waals surface area (Å²) in [5.74, 6) is -0.331. The van der Waals surface area contributed by atoms with Gasteiger partial charge in [0.2, 0.25) is 0 Å². The van der Waals surface area contributed by atoms with E-state index in [-0.39, 0.29) is 23.2 Å². The molecule has 0 fully saturated rings. The summed E-state index contributed by atoms with van der Waals surface area (Å²) in [5.41, 5.74) is 0.0172. The number of benzene rings is 2. The summed E-state index contributed by atoms with van der Waals surface area (Å²) in [4.78, 5) is 27.9. The molecule has 1 amide bonds. The SMILES string of the molecule is CCN(C(=O)c1c(OC)c2c(F)cccc2n(C)c1=O)c1ccc(OC)c(OC)c1. The first-order chi connectivity index (χ1) is 14.4. The topological polar surface area (TPSA) is 70.0 Å². The van der Waals surface area contributed by atoms with Crippen LogP contribution in [0.5, 0.6) is 17.2 Å². The van der Waals surface area contributed by atoms with Gasteiger partial charge in [-0.15, -0.1) is 0 Å². The molecule has 3 rings (SSSR count). The molecule has 0 N–H and O–H groups in total. The second-order valence-corrected chi connectivity index (χ2v) is 6.50. The molecule has 30 heavy (non-hydrogen) atoms. The average molecular weight is 414 g/mol. The van der Waals surface area contributed by atoms with Gasteiger partial charge in [-0.25, -0.2) is 4.39 Å². The molecular formula is C22H23FN2O5. The first-order valence-corrected chi connectivity index (χ1v) is 9.28.